The van der Waals surface area contributed by atoms with Crippen LogP contribution in [0, 0.1) is 5.82 Å². The number of rotatable bonds is 4. The molecule has 4 nitrogen and oxygen atoms in total. The first-order chi connectivity index (χ1) is 9.11. The third-order valence-corrected chi connectivity index (χ3v) is 3.23. The van der Waals surface area contributed by atoms with Crippen LogP contribution < -0.4 is 4.74 Å². The van der Waals surface area contributed by atoms with Crippen LogP contribution in [0.1, 0.15) is 19.8 Å². The first-order valence-electron chi connectivity index (χ1n) is 6.50. The minimum absolute atomic E-state index is 0.0856. The lowest BCUT2D eigenvalue weighted by molar-refractivity contribution is -0.138. The van der Waals surface area contributed by atoms with Crippen LogP contribution in [0.25, 0.3) is 0 Å². The molecule has 1 saturated heterocycles. The number of amides is 1. The molecule has 0 saturated carbocycles. The number of halogens is 1. The van der Waals surface area contributed by atoms with E-state index < -0.39 is 18.0 Å². The summed E-state index contributed by atoms with van der Waals surface area (Å²) >= 11 is 0. The van der Waals surface area contributed by atoms with E-state index >= 15 is 0 Å². The Morgan fingerprint density at radius 1 is 1.58 bits per heavy atom. The molecular weight excluding hydrogens is 249 g/mol. The van der Waals surface area contributed by atoms with Gasteiger partial charge in [-0.1, -0.05) is 19.1 Å². The molecule has 2 atom stereocenters. The highest BCUT2D eigenvalue weighted by molar-refractivity contribution is 5.81. The van der Waals surface area contributed by atoms with Crippen molar-refractivity contribution in [3.8, 4) is 5.75 Å². The van der Waals surface area contributed by atoms with E-state index in [4.69, 9.17) is 4.74 Å². The molecule has 104 valence electrons. The maximum absolute atomic E-state index is 13.5. The van der Waals surface area contributed by atoms with Crippen molar-refractivity contribution in [1.82, 2.24) is 4.90 Å². The summed E-state index contributed by atoms with van der Waals surface area (Å²) in [5.41, 5.74) is 0. The summed E-state index contributed by atoms with van der Waals surface area (Å²) in [7, 11) is 0. The molecule has 1 fully saturated rings. The smallest absolute Gasteiger partial charge is 0.263 e. The average Bonchev–Trinajstić information content (AvgIpc) is 2.84. The van der Waals surface area contributed by atoms with Crippen molar-refractivity contribution in [1.29, 1.82) is 0 Å². The van der Waals surface area contributed by atoms with Gasteiger partial charge in [-0.25, -0.2) is 4.39 Å². The third kappa shape index (κ3) is 3.23. The number of para-hydroxylation sites is 1. The zero-order valence-electron chi connectivity index (χ0n) is 10.9. The van der Waals surface area contributed by atoms with E-state index in [1.165, 1.54) is 12.1 Å². The predicted molar refractivity (Wildman–Crippen MR) is 68.3 cm³/mol. The van der Waals surface area contributed by atoms with E-state index in [0.717, 1.165) is 0 Å². The molecule has 19 heavy (non-hydrogen) atoms. The standard InChI is InChI=1S/C14H18FNO3/c1-2-12(14(18)16-8-7-10(17)9-16)19-13-6-4-3-5-11(13)15/h3-6,10,12,17H,2,7-9H2,1H3/t10-,12?/m1/s1. The lowest BCUT2D eigenvalue weighted by Gasteiger charge is -2.23. The van der Waals surface area contributed by atoms with Crippen LogP contribution in [-0.2, 0) is 4.79 Å². The number of hydrogen-bond acceptors (Lipinski definition) is 3. The van der Waals surface area contributed by atoms with E-state index in [0.29, 0.717) is 25.9 Å². The molecule has 0 aliphatic carbocycles. The van der Waals surface area contributed by atoms with Crippen molar-refractivity contribution >= 4 is 5.91 Å². The number of hydrogen-bond donors (Lipinski definition) is 1. The molecule has 1 unspecified atom stereocenters. The van der Waals surface area contributed by atoms with Crippen molar-refractivity contribution in [2.45, 2.75) is 32.0 Å². The Balaban J connectivity index is 2.04. The molecule has 1 aromatic carbocycles. The van der Waals surface area contributed by atoms with Crippen molar-refractivity contribution in [3.63, 3.8) is 0 Å². The molecule has 2 rings (SSSR count). The number of β-amino-alcohol motifs (C(OH)–C–C–N with tert-alkyl or cyclic N) is 1. The van der Waals surface area contributed by atoms with E-state index in [1.807, 2.05) is 6.92 Å². The van der Waals surface area contributed by atoms with Gasteiger partial charge in [0.05, 0.1) is 6.10 Å². The number of carbonyl (C=O) groups is 1. The van der Waals surface area contributed by atoms with Gasteiger partial charge in [0.2, 0.25) is 0 Å². The Morgan fingerprint density at radius 2 is 2.32 bits per heavy atom. The summed E-state index contributed by atoms with van der Waals surface area (Å²) < 4.78 is 19.0. The van der Waals surface area contributed by atoms with Gasteiger partial charge in [-0.2, -0.15) is 0 Å². The van der Waals surface area contributed by atoms with Gasteiger partial charge in [0.15, 0.2) is 17.7 Å². The van der Waals surface area contributed by atoms with Crippen molar-refractivity contribution in [3.05, 3.63) is 30.1 Å². The van der Waals surface area contributed by atoms with E-state index in [-0.39, 0.29) is 11.7 Å². The van der Waals surface area contributed by atoms with Crippen LogP contribution in [0.2, 0.25) is 0 Å². The molecule has 0 bridgehead atoms. The second-order valence-corrected chi connectivity index (χ2v) is 4.67. The van der Waals surface area contributed by atoms with Gasteiger partial charge in [-0.3, -0.25) is 4.79 Å². The Labute approximate surface area is 111 Å². The largest absolute Gasteiger partial charge is 0.478 e. The topological polar surface area (TPSA) is 49.8 Å². The quantitative estimate of drug-likeness (QED) is 0.901. The number of likely N-dealkylation sites (tertiary alicyclic amines) is 1. The first kappa shape index (κ1) is 13.8. The fourth-order valence-corrected chi connectivity index (χ4v) is 2.15. The Kier molecular flexibility index (Phi) is 4.37. The van der Waals surface area contributed by atoms with E-state index in [1.54, 1.807) is 17.0 Å². The molecule has 1 aliphatic heterocycles. The number of carbonyl (C=O) groups excluding carboxylic acids is 1. The molecule has 1 aromatic rings. The third-order valence-electron chi connectivity index (χ3n) is 3.23. The molecule has 1 amide bonds. The van der Waals surface area contributed by atoms with Crippen molar-refractivity contribution in [2.75, 3.05) is 13.1 Å². The van der Waals surface area contributed by atoms with E-state index in [9.17, 15) is 14.3 Å². The molecule has 1 aliphatic rings. The first-order valence-corrected chi connectivity index (χ1v) is 6.50. The summed E-state index contributed by atoms with van der Waals surface area (Å²) in [6.07, 6.45) is -0.126. The zero-order chi connectivity index (χ0) is 13.8. The monoisotopic (exact) mass is 267 g/mol. The zero-order valence-corrected chi connectivity index (χ0v) is 10.9. The van der Waals surface area contributed by atoms with Crippen molar-refractivity contribution in [2.24, 2.45) is 0 Å². The Morgan fingerprint density at radius 3 is 2.89 bits per heavy atom. The van der Waals surface area contributed by atoms with Gasteiger partial charge in [-0.15, -0.1) is 0 Å². The van der Waals surface area contributed by atoms with Crippen LogP contribution in [-0.4, -0.2) is 41.2 Å². The summed E-state index contributed by atoms with van der Waals surface area (Å²) in [5.74, 6) is -0.583. The highest BCUT2D eigenvalue weighted by Crippen LogP contribution is 2.20. The van der Waals surface area contributed by atoms with Gasteiger partial charge < -0.3 is 14.7 Å². The molecular formula is C14H18FNO3. The molecule has 0 spiro atoms. The number of aliphatic hydroxyl groups excluding tert-OH is 1. The van der Waals surface area contributed by atoms with Crippen molar-refractivity contribution < 1.29 is 19.0 Å². The van der Waals surface area contributed by atoms with E-state index in [2.05, 4.69) is 0 Å². The highest BCUT2D eigenvalue weighted by atomic mass is 19.1. The second-order valence-electron chi connectivity index (χ2n) is 4.67. The van der Waals surface area contributed by atoms with Gasteiger partial charge in [0.25, 0.3) is 5.91 Å². The van der Waals surface area contributed by atoms with Crippen LogP contribution in [0.15, 0.2) is 24.3 Å². The van der Waals surface area contributed by atoms with Crippen LogP contribution in [0.5, 0.6) is 5.75 Å². The molecule has 5 heteroatoms. The lowest BCUT2D eigenvalue weighted by atomic mass is 10.2. The Bertz CT molecular complexity index is 452. The second kappa shape index (κ2) is 6.02. The SMILES string of the molecule is CCC(Oc1ccccc1F)C(=O)N1CC[C@@H](O)C1. The normalized spacial score (nSPS) is 20.4. The number of aliphatic hydroxyl groups is 1. The fraction of sp³-hybridized carbons (Fsp3) is 0.500. The van der Waals surface area contributed by atoms with Crippen LogP contribution >= 0.6 is 0 Å². The molecule has 1 N–H and O–H groups in total. The fourth-order valence-electron chi connectivity index (χ4n) is 2.15. The number of ether oxygens (including phenoxy) is 1. The minimum atomic E-state index is -0.706. The van der Waals surface area contributed by atoms with Gasteiger partial charge in [0.1, 0.15) is 0 Å². The summed E-state index contributed by atoms with van der Waals surface area (Å²) in [6.45, 7) is 2.67. The molecule has 0 radical (unpaired) electrons. The summed E-state index contributed by atoms with van der Waals surface area (Å²) in [4.78, 5) is 13.8. The Hall–Kier alpha value is -1.62. The van der Waals surface area contributed by atoms with Gasteiger partial charge in [-0.05, 0) is 25.0 Å². The number of benzene rings is 1. The minimum Gasteiger partial charge on any atom is -0.478 e. The number of nitrogens with zero attached hydrogens (tertiary/aromatic N) is 1. The van der Waals surface area contributed by atoms with Gasteiger partial charge >= 0.3 is 0 Å². The molecule has 0 aromatic heterocycles. The van der Waals surface area contributed by atoms with Gasteiger partial charge in [0, 0.05) is 13.1 Å². The highest BCUT2D eigenvalue weighted by Gasteiger charge is 2.30. The maximum atomic E-state index is 13.5. The molecule has 1 heterocycles. The van der Waals surface area contributed by atoms with Crippen LogP contribution in [0.3, 0.4) is 0 Å². The predicted octanol–water partition coefficient (Wildman–Crippen LogP) is 1.58. The average molecular weight is 267 g/mol. The lowest BCUT2D eigenvalue weighted by Crippen LogP contribution is -2.41. The maximum Gasteiger partial charge on any atom is 0.263 e. The summed E-state index contributed by atoms with van der Waals surface area (Å²) in [6, 6.07) is 6.03. The summed E-state index contributed by atoms with van der Waals surface area (Å²) in [5, 5.41) is 9.44. The van der Waals surface area contributed by atoms with Crippen LogP contribution in [0.4, 0.5) is 4.39 Å².